The Hall–Kier alpha value is -2.23. The van der Waals surface area contributed by atoms with E-state index in [2.05, 4.69) is 6.58 Å². The fourth-order valence-electron chi connectivity index (χ4n) is 1.83. The highest BCUT2D eigenvalue weighted by molar-refractivity contribution is 6.35. The van der Waals surface area contributed by atoms with E-state index in [4.69, 9.17) is 32.7 Å². The van der Waals surface area contributed by atoms with Gasteiger partial charge in [0.15, 0.2) is 0 Å². The van der Waals surface area contributed by atoms with Gasteiger partial charge in [-0.05, 0) is 35.9 Å². The fourth-order valence-corrected chi connectivity index (χ4v) is 2.29. The zero-order chi connectivity index (χ0) is 17.4. The summed E-state index contributed by atoms with van der Waals surface area (Å²) >= 11 is 12.0. The van der Waals surface area contributed by atoms with E-state index < -0.39 is 5.97 Å². The van der Waals surface area contributed by atoms with Crippen molar-refractivity contribution in [2.45, 2.75) is 6.61 Å². The Bertz CT molecular complexity index is 737. The highest BCUT2D eigenvalue weighted by Gasteiger charge is 2.02. The minimum Gasteiger partial charge on any atom is -0.489 e. The summed E-state index contributed by atoms with van der Waals surface area (Å²) in [6.07, 6.45) is 4.56. The molecule has 0 aliphatic heterocycles. The molecule has 24 heavy (non-hydrogen) atoms. The van der Waals surface area contributed by atoms with Crippen molar-refractivity contribution in [3.63, 3.8) is 0 Å². The van der Waals surface area contributed by atoms with E-state index in [9.17, 15) is 4.79 Å². The summed E-state index contributed by atoms with van der Waals surface area (Å²) in [5.41, 5.74) is 1.72. The lowest BCUT2D eigenvalue weighted by atomic mass is 10.2. The Morgan fingerprint density at radius 2 is 1.88 bits per heavy atom. The van der Waals surface area contributed by atoms with Crippen LogP contribution in [0.4, 0.5) is 0 Å². The molecule has 0 aliphatic carbocycles. The second kappa shape index (κ2) is 9.16. The maximum Gasteiger partial charge on any atom is 0.331 e. The van der Waals surface area contributed by atoms with E-state index >= 15 is 0 Å². The molecule has 0 bridgehead atoms. The van der Waals surface area contributed by atoms with E-state index in [1.54, 1.807) is 18.2 Å². The van der Waals surface area contributed by atoms with Crippen LogP contribution in [-0.2, 0) is 16.1 Å². The molecule has 124 valence electrons. The van der Waals surface area contributed by atoms with Crippen LogP contribution in [-0.4, -0.2) is 12.6 Å². The first-order valence-electron chi connectivity index (χ1n) is 7.21. The van der Waals surface area contributed by atoms with Gasteiger partial charge in [0.05, 0.1) is 0 Å². The van der Waals surface area contributed by atoms with E-state index in [1.165, 1.54) is 12.2 Å². The van der Waals surface area contributed by atoms with Crippen LogP contribution in [0.2, 0.25) is 10.0 Å². The number of carbonyl (C=O) groups is 1. The number of ether oxygens (including phenoxy) is 2. The first kappa shape index (κ1) is 18.1. The normalized spacial score (nSPS) is 10.6. The highest BCUT2D eigenvalue weighted by atomic mass is 35.5. The number of halogens is 2. The second-order valence-electron chi connectivity index (χ2n) is 4.85. The van der Waals surface area contributed by atoms with Crippen molar-refractivity contribution in [2.75, 3.05) is 6.61 Å². The predicted molar refractivity (Wildman–Crippen MR) is 97.4 cm³/mol. The Morgan fingerprint density at radius 1 is 1.12 bits per heavy atom. The minimum absolute atomic E-state index is 0.198. The molecule has 0 atom stereocenters. The lowest BCUT2D eigenvalue weighted by molar-refractivity contribution is -0.136. The maximum absolute atomic E-state index is 11.4. The summed E-state index contributed by atoms with van der Waals surface area (Å²) in [7, 11) is 0. The molecule has 2 rings (SSSR count). The Kier molecular flexibility index (Phi) is 6.91. The molecule has 0 heterocycles. The minimum atomic E-state index is -0.410. The number of esters is 1. The summed E-state index contributed by atoms with van der Waals surface area (Å²) in [4.78, 5) is 11.4. The molecular weight excluding hydrogens is 347 g/mol. The average molecular weight is 363 g/mol. The molecule has 0 aromatic heterocycles. The van der Waals surface area contributed by atoms with Crippen molar-refractivity contribution in [1.82, 2.24) is 0 Å². The molecule has 0 saturated heterocycles. The molecule has 0 spiro atoms. The third-order valence-electron chi connectivity index (χ3n) is 3.04. The van der Waals surface area contributed by atoms with Gasteiger partial charge in [-0.15, -0.1) is 0 Å². The SMILES string of the molecule is C=CCOC(=O)/C=C/c1ccc(OCc2ccc(Cl)cc2Cl)cc1. The summed E-state index contributed by atoms with van der Waals surface area (Å²) in [6.45, 7) is 4.02. The number of hydrogen-bond donors (Lipinski definition) is 0. The van der Waals surface area contributed by atoms with Gasteiger partial charge < -0.3 is 9.47 Å². The van der Waals surface area contributed by atoms with E-state index in [0.29, 0.717) is 22.4 Å². The molecule has 0 saturated carbocycles. The molecule has 2 aromatic rings. The average Bonchev–Trinajstić information content (AvgIpc) is 2.58. The summed E-state index contributed by atoms with van der Waals surface area (Å²) in [5, 5.41) is 1.16. The molecule has 3 nitrogen and oxygen atoms in total. The Morgan fingerprint density at radius 3 is 2.54 bits per heavy atom. The van der Waals surface area contributed by atoms with Gasteiger partial charge in [-0.25, -0.2) is 4.79 Å². The Balaban J connectivity index is 1.91. The molecule has 5 heteroatoms. The van der Waals surface area contributed by atoms with E-state index in [0.717, 1.165) is 11.1 Å². The highest BCUT2D eigenvalue weighted by Crippen LogP contribution is 2.23. The molecule has 0 fully saturated rings. The zero-order valence-electron chi connectivity index (χ0n) is 12.9. The standard InChI is InChI=1S/C19H16Cl2O3/c1-2-11-23-19(22)10-5-14-3-8-17(9-4-14)24-13-15-6-7-16(20)12-18(15)21/h2-10,12H,1,11,13H2/b10-5+. The lowest BCUT2D eigenvalue weighted by Gasteiger charge is -2.08. The number of rotatable bonds is 7. The number of carbonyl (C=O) groups excluding carboxylic acids is 1. The maximum atomic E-state index is 11.4. The van der Waals surface area contributed by atoms with Crippen molar-refractivity contribution in [3.8, 4) is 5.75 Å². The van der Waals surface area contributed by atoms with Crippen LogP contribution in [0.15, 0.2) is 61.2 Å². The first-order valence-corrected chi connectivity index (χ1v) is 7.96. The van der Waals surface area contributed by atoms with Crippen LogP contribution in [0.3, 0.4) is 0 Å². The summed E-state index contributed by atoms with van der Waals surface area (Å²) < 4.78 is 10.5. The van der Waals surface area contributed by atoms with Crippen molar-refractivity contribution in [1.29, 1.82) is 0 Å². The summed E-state index contributed by atoms with van der Waals surface area (Å²) in [6, 6.07) is 12.6. The topological polar surface area (TPSA) is 35.5 Å². The van der Waals surface area contributed by atoms with Gasteiger partial charge in [-0.2, -0.15) is 0 Å². The fraction of sp³-hybridized carbons (Fsp3) is 0.105. The third kappa shape index (κ3) is 5.76. The van der Waals surface area contributed by atoms with Crippen LogP contribution in [0.1, 0.15) is 11.1 Å². The molecule has 2 aromatic carbocycles. The molecule has 0 aliphatic rings. The van der Waals surface area contributed by atoms with Gasteiger partial charge in [0.1, 0.15) is 19.0 Å². The van der Waals surface area contributed by atoms with Crippen molar-refractivity contribution < 1.29 is 14.3 Å². The zero-order valence-corrected chi connectivity index (χ0v) is 14.4. The van der Waals surface area contributed by atoms with Crippen LogP contribution < -0.4 is 4.74 Å². The monoisotopic (exact) mass is 362 g/mol. The molecule has 0 radical (unpaired) electrons. The second-order valence-corrected chi connectivity index (χ2v) is 5.69. The number of benzene rings is 2. The van der Waals surface area contributed by atoms with Gasteiger partial charge in [-0.1, -0.05) is 54.1 Å². The van der Waals surface area contributed by atoms with Crippen LogP contribution >= 0.6 is 23.2 Å². The van der Waals surface area contributed by atoms with Crippen molar-refractivity contribution >= 4 is 35.2 Å². The van der Waals surface area contributed by atoms with Crippen LogP contribution in [0, 0.1) is 0 Å². The quantitative estimate of drug-likeness (QED) is 0.380. The van der Waals surface area contributed by atoms with Crippen molar-refractivity contribution in [2.24, 2.45) is 0 Å². The third-order valence-corrected chi connectivity index (χ3v) is 3.63. The lowest BCUT2D eigenvalue weighted by Crippen LogP contribution is -1.99. The van der Waals surface area contributed by atoms with Gasteiger partial charge in [0, 0.05) is 21.7 Å². The van der Waals surface area contributed by atoms with Gasteiger partial charge in [0.25, 0.3) is 0 Å². The largest absolute Gasteiger partial charge is 0.489 e. The summed E-state index contributed by atoms with van der Waals surface area (Å²) in [5.74, 6) is 0.292. The Labute approximate surface area is 151 Å². The van der Waals surface area contributed by atoms with Crippen LogP contribution in [0.5, 0.6) is 5.75 Å². The van der Waals surface area contributed by atoms with E-state index in [1.807, 2.05) is 30.3 Å². The molecule has 0 amide bonds. The molecule has 0 unspecified atom stereocenters. The van der Waals surface area contributed by atoms with Crippen molar-refractivity contribution in [3.05, 3.63) is 82.4 Å². The first-order chi connectivity index (χ1) is 11.6. The molecule has 0 N–H and O–H groups in total. The van der Waals surface area contributed by atoms with E-state index in [-0.39, 0.29) is 6.61 Å². The van der Waals surface area contributed by atoms with Gasteiger partial charge >= 0.3 is 5.97 Å². The van der Waals surface area contributed by atoms with Crippen LogP contribution in [0.25, 0.3) is 6.08 Å². The predicted octanol–water partition coefficient (Wildman–Crippen LogP) is 5.31. The number of hydrogen-bond acceptors (Lipinski definition) is 3. The smallest absolute Gasteiger partial charge is 0.331 e. The molecular formula is C19H16Cl2O3. The van der Waals surface area contributed by atoms with Gasteiger partial charge in [0.2, 0.25) is 0 Å². The van der Waals surface area contributed by atoms with Gasteiger partial charge in [-0.3, -0.25) is 0 Å².